The first-order chi connectivity index (χ1) is 9.70. The van der Waals surface area contributed by atoms with Gasteiger partial charge in [0.15, 0.2) is 0 Å². The van der Waals surface area contributed by atoms with E-state index in [-0.39, 0.29) is 5.82 Å². The van der Waals surface area contributed by atoms with Gasteiger partial charge in [0.25, 0.3) is 0 Å². The predicted molar refractivity (Wildman–Crippen MR) is 77.8 cm³/mol. The van der Waals surface area contributed by atoms with E-state index in [2.05, 4.69) is 5.32 Å². The number of ether oxygens (including phenoxy) is 1. The number of benzene rings is 2. The maximum atomic E-state index is 13.2. The third kappa shape index (κ3) is 3.50. The fourth-order valence-corrected chi connectivity index (χ4v) is 2.13. The summed E-state index contributed by atoms with van der Waals surface area (Å²) in [6.07, 6.45) is 2.46. The average molecular weight is 292 g/mol. The highest BCUT2D eigenvalue weighted by Gasteiger charge is 2.20. The molecule has 1 fully saturated rings. The molecule has 0 heterocycles. The molecule has 1 saturated carbocycles. The minimum absolute atomic E-state index is 0.317. The molecule has 0 bridgehead atoms. The summed E-state index contributed by atoms with van der Waals surface area (Å²) in [4.78, 5) is 0. The molecule has 1 aliphatic carbocycles. The van der Waals surface area contributed by atoms with Crippen molar-refractivity contribution in [1.82, 2.24) is 5.32 Å². The van der Waals surface area contributed by atoms with Gasteiger partial charge in [0.05, 0.1) is 0 Å². The molecular weight excluding hydrogens is 277 g/mol. The van der Waals surface area contributed by atoms with Gasteiger partial charge < -0.3 is 10.1 Å². The standard InChI is InChI=1S/C16H15ClFNO/c17-12-5-4-11(10-19-14-6-7-14)16(8-12)20-15-3-1-2-13(18)9-15/h1-5,8-9,14,19H,6-7,10H2. The van der Waals surface area contributed by atoms with E-state index < -0.39 is 0 Å². The maximum Gasteiger partial charge on any atom is 0.133 e. The quantitative estimate of drug-likeness (QED) is 0.874. The van der Waals surface area contributed by atoms with E-state index in [1.807, 2.05) is 12.1 Å². The SMILES string of the molecule is Fc1cccc(Oc2cc(Cl)ccc2CNC2CC2)c1. The molecule has 0 aliphatic heterocycles. The zero-order chi connectivity index (χ0) is 13.9. The Bertz CT molecular complexity index is 613. The van der Waals surface area contributed by atoms with E-state index in [0.29, 0.717) is 22.6 Å². The molecule has 2 aromatic carbocycles. The summed E-state index contributed by atoms with van der Waals surface area (Å²) in [6, 6.07) is 12.2. The number of rotatable bonds is 5. The minimum Gasteiger partial charge on any atom is -0.457 e. The van der Waals surface area contributed by atoms with Crippen LogP contribution in [0.5, 0.6) is 11.5 Å². The molecule has 0 radical (unpaired) electrons. The number of hydrogen-bond donors (Lipinski definition) is 1. The van der Waals surface area contributed by atoms with Crippen molar-refractivity contribution in [2.45, 2.75) is 25.4 Å². The van der Waals surface area contributed by atoms with Gasteiger partial charge in [0.1, 0.15) is 17.3 Å². The van der Waals surface area contributed by atoms with E-state index in [9.17, 15) is 4.39 Å². The van der Waals surface area contributed by atoms with Crippen LogP contribution in [0.4, 0.5) is 4.39 Å². The van der Waals surface area contributed by atoms with Crippen LogP contribution in [0.3, 0.4) is 0 Å². The molecule has 20 heavy (non-hydrogen) atoms. The maximum absolute atomic E-state index is 13.2. The Morgan fingerprint density at radius 2 is 2.05 bits per heavy atom. The Labute approximate surface area is 122 Å². The molecule has 2 aromatic rings. The molecule has 104 valence electrons. The van der Waals surface area contributed by atoms with Crippen LogP contribution in [0.25, 0.3) is 0 Å². The summed E-state index contributed by atoms with van der Waals surface area (Å²) in [7, 11) is 0. The van der Waals surface area contributed by atoms with Crippen LogP contribution in [0.1, 0.15) is 18.4 Å². The highest BCUT2D eigenvalue weighted by atomic mass is 35.5. The van der Waals surface area contributed by atoms with Crippen LogP contribution in [0.15, 0.2) is 42.5 Å². The van der Waals surface area contributed by atoms with Crippen molar-refractivity contribution in [2.75, 3.05) is 0 Å². The van der Waals surface area contributed by atoms with Gasteiger partial charge in [-0.15, -0.1) is 0 Å². The molecule has 0 aromatic heterocycles. The van der Waals surface area contributed by atoms with Crippen LogP contribution < -0.4 is 10.1 Å². The van der Waals surface area contributed by atoms with Gasteiger partial charge in [-0.05, 0) is 37.1 Å². The fourth-order valence-electron chi connectivity index (χ4n) is 1.97. The van der Waals surface area contributed by atoms with E-state index in [0.717, 1.165) is 12.1 Å². The molecule has 2 nitrogen and oxygen atoms in total. The van der Waals surface area contributed by atoms with E-state index in [1.165, 1.54) is 25.0 Å². The van der Waals surface area contributed by atoms with Crippen molar-refractivity contribution in [3.8, 4) is 11.5 Å². The Morgan fingerprint density at radius 3 is 2.80 bits per heavy atom. The van der Waals surface area contributed by atoms with Crippen LogP contribution in [0.2, 0.25) is 5.02 Å². The summed E-state index contributed by atoms with van der Waals surface area (Å²) in [5, 5.41) is 4.04. The highest BCUT2D eigenvalue weighted by Crippen LogP contribution is 2.29. The molecular formula is C16H15ClFNO. The lowest BCUT2D eigenvalue weighted by Gasteiger charge is -2.12. The van der Waals surface area contributed by atoms with Gasteiger partial charge in [-0.1, -0.05) is 23.7 Å². The third-order valence-corrected chi connectivity index (χ3v) is 3.45. The number of hydrogen-bond acceptors (Lipinski definition) is 2. The Balaban J connectivity index is 1.80. The summed E-state index contributed by atoms with van der Waals surface area (Å²) in [5.41, 5.74) is 1.02. The molecule has 1 N–H and O–H groups in total. The van der Waals surface area contributed by atoms with Crippen molar-refractivity contribution in [2.24, 2.45) is 0 Å². The van der Waals surface area contributed by atoms with Crippen LogP contribution >= 0.6 is 11.6 Å². The monoisotopic (exact) mass is 291 g/mol. The van der Waals surface area contributed by atoms with Gasteiger partial charge >= 0.3 is 0 Å². The van der Waals surface area contributed by atoms with Crippen LogP contribution in [-0.2, 0) is 6.54 Å². The second kappa shape index (κ2) is 5.81. The minimum atomic E-state index is -0.317. The first-order valence-electron chi connectivity index (χ1n) is 6.66. The first-order valence-corrected chi connectivity index (χ1v) is 7.04. The van der Waals surface area contributed by atoms with E-state index in [4.69, 9.17) is 16.3 Å². The highest BCUT2D eigenvalue weighted by molar-refractivity contribution is 6.30. The molecule has 0 atom stereocenters. The average Bonchev–Trinajstić information content (AvgIpc) is 3.22. The molecule has 0 unspecified atom stereocenters. The zero-order valence-corrected chi connectivity index (χ0v) is 11.7. The zero-order valence-electron chi connectivity index (χ0n) is 10.9. The normalized spacial score (nSPS) is 14.3. The second-order valence-electron chi connectivity index (χ2n) is 4.97. The topological polar surface area (TPSA) is 21.3 Å². The van der Waals surface area contributed by atoms with Crippen molar-refractivity contribution >= 4 is 11.6 Å². The van der Waals surface area contributed by atoms with Crippen molar-refractivity contribution in [1.29, 1.82) is 0 Å². The van der Waals surface area contributed by atoms with E-state index in [1.54, 1.807) is 18.2 Å². The van der Waals surface area contributed by atoms with Crippen LogP contribution in [0, 0.1) is 5.82 Å². The lowest BCUT2D eigenvalue weighted by Crippen LogP contribution is -2.15. The molecule has 0 amide bonds. The van der Waals surface area contributed by atoms with Gasteiger partial charge in [-0.2, -0.15) is 0 Å². The lowest BCUT2D eigenvalue weighted by molar-refractivity contribution is 0.467. The van der Waals surface area contributed by atoms with Crippen molar-refractivity contribution in [3.05, 3.63) is 58.9 Å². The third-order valence-electron chi connectivity index (χ3n) is 3.21. The summed E-state index contributed by atoms with van der Waals surface area (Å²) in [6.45, 7) is 0.729. The molecule has 3 rings (SSSR count). The van der Waals surface area contributed by atoms with Gasteiger partial charge in [-0.3, -0.25) is 0 Å². The Morgan fingerprint density at radius 1 is 1.20 bits per heavy atom. The summed E-state index contributed by atoms with van der Waals surface area (Å²) >= 11 is 6.01. The molecule has 1 aliphatic rings. The Kier molecular flexibility index (Phi) is 3.90. The lowest BCUT2D eigenvalue weighted by atomic mass is 10.2. The Hall–Kier alpha value is -1.58. The van der Waals surface area contributed by atoms with Gasteiger partial charge in [-0.25, -0.2) is 4.39 Å². The van der Waals surface area contributed by atoms with Gasteiger partial charge in [0, 0.05) is 29.2 Å². The second-order valence-corrected chi connectivity index (χ2v) is 5.40. The van der Waals surface area contributed by atoms with Crippen LogP contribution in [-0.4, -0.2) is 6.04 Å². The fraction of sp³-hybridized carbons (Fsp3) is 0.250. The summed E-state index contributed by atoms with van der Waals surface area (Å²) < 4.78 is 19.0. The summed E-state index contributed by atoms with van der Waals surface area (Å²) in [5.74, 6) is 0.818. The first kappa shape index (κ1) is 13.4. The largest absolute Gasteiger partial charge is 0.457 e. The molecule has 0 saturated heterocycles. The molecule has 0 spiro atoms. The number of nitrogens with one attached hydrogen (secondary N) is 1. The number of halogens is 2. The predicted octanol–water partition coefficient (Wildman–Crippen LogP) is 4.52. The molecule has 4 heteroatoms. The smallest absolute Gasteiger partial charge is 0.133 e. The van der Waals surface area contributed by atoms with Crippen molar-refractivity contribution < 1.29 is 9.13 Å². The van der Waals surface area contributed by atoms with E-state index >= 15 is 0 Å². The van der Waals surface area contributed by atoms with Gasteiger partial charge in [0.2, 0.25) is 0 Å². The van der Waals surface area contributed by atoms with Crippen molar-refractivity contribution in [3.63, 3.8) is 0 Å².